The Morgan fingerprint density at radius 2 is 1.94 bits per heavy atom. The van der Waals surface area contributed by atoms with Gasteiger partial charge in [0.15, 0.2) is 0 Å². The molecule has 1 aromatic carbocycles. The van der Waals surface area contributed by atoms with Gasteiger partial charge in [-0.05, 0) is 18.6 Å². The lowest BCUT2D eigenvalue weighted by Gasteiger charge is -2.07. The van der Waals surface area contributed by atoms with E-state index in [9.17, 15) is 0 Å². The zero-order valence-corrected chi connectivity index (χ0v) is 12.4. The maximum Gasteiger partial charge on any atom is 0.107 e. The van der Waals surface area contributed by atoms with Gasteiger partial charge in [0.1, 0.15) is 5.01 Å². The van der Waals surface area contributed by atoms with Gasteiger partial charge in [0, 0.05) is 39.8 Å². The van der Waals surface area contributed by atoms with E-state index in [0.29, 0.717) is 16.6 Å². The molecule has 0 bridgehead atoms. The standard InChI is InChI=1S/C13H14Cl2N2S/c1-2-9-6-17-13(18-9)8-16-7-10-11(14)4-3-5-12(10)15/h3-6,16H,2,7-8H2,1H3. The molecular formula is C13H14Cl2N2S. The van der Waals surface area contributed by atoms with Crippen LogP contribution in [0.3, 0.4) is 0 Å². The number of thiazole rings is 1. The fourth-order valence-corrected chi connectivity index (χ4v) is 2.95. The number of aromatic nitrogens is 1. The van der Waals surface area contributed by atoms with Crippen LogP contribution in [0.2, 0.25) is 10.0 Å². The van der Waals surface area contributed by atoms with Crippen molar-refractivity contribution in [2.45, 2.75) is 26.4 Å². The molecule has 5 heteroatoms. The van der Waals surface area contributed by atoms with Gasteiger partial charge in [0.25, 0.3) is 0 Å². The number of rotatable bonds is 5. The zero-order valence-electron chi connectivity index (χ0n) is 10.0. The molecule has 0 radical (unpaired) electrons. The molecular weight excluding hydrogens is 287 g/mol. The molecule has 0 atom stereocenters. The van der Waals surface area contributed by atoms with Crippen LogP contribution >= 0.6 is 34.5 Å². The van der Waals surface area contributed by atoms with Gasteiger partial charge in [-0.2, -0.15) is 0 Å². The van der Waals surface area contributed by atoms with Gasteiger partial charge in [-0.15, -0.1) is 11.3 Å². The van der Waals surface area contributed by atoms with Crippen LogP contribution in [0.15, 0.2) is 24.4 Å². The van der Waals surface area contributed by atoms with Gasteiger partial charge >= 0.3 is 0 Å². The predicted octanol–water partition coefficient (Wildman–Crippen LogP) is 4.30. The van der Waals surface area contributed by atoms with E-state index >= 15 is 0 Å². The molecule has 0 aliphatic carbocycles. The van der Waals surface area contributed by atoms with Crippen LogP contribution in [0, 0.1) is 0 Å². The number of hydrogen-bond donors (Lipinski definition) is 1. The Labute approximate surface area is 121 Å². The van der Waals surface area contributed by atoms with E-state index in [1.165, 1.54) is 4.88 Å². The van der Waals surface area contributed by atoms with Crippen LogP contribution in [-0.4, -0.2) is 4.98 Å². The summed E-state index contributed by atoms with van der Waals surface area (Å²) in [5, 5.41) is 5.80. The Hall–Kier alpha value is -0.610. The molecule has 0 unspecified atom stereocenters. The van der Waals surface area contributed by atoms with Crippen molar-refractivity contribution in [2.75, 3.05) is 0 Å². The second-order valence-electron chi connectivity index (χ2n) is 3.88. The average molecular weight is 301 g/mol. The molecule has 2 rings (SSSR count). The highest BCUT2D eigenvalue weighted by atomic mass is 35.5. The largest absolute Gasteiger partial charge is 0.306 e. The van der Waals surface area contributed by atoms with Gasteiger partial charge in [-0.25, -0.2) is 4.98 Å². The second-order valence-corrected chi connectivity index (χ2v) is 5.89. The van der Waals surface area contributed by atoms with Crippen LogP contribution in [0.5, 0.6) is 0 Å². The van der Waals surface area contributed by atoms with E-state index in [1.54, 1.807) is 11.3 Å². The molecule has 0 aliphatic rings. The van der Waals surface area contributed by atoms with Crippen molar-refractivity contribution in [1.82, 2.24) is 10.3 Å². The molecule has 96 valence electrons. The number of halogens is 2. The van der Waals surface area contributed by atoms with E-state index in [-0.39, 0.29) is 0 Å². The second kappa shape index (κ2) is 6.53. The summed E-state index contributed by atoms with van der Waals surface area (Å²) in [4.78, 5) is 5.66. The van der Waals surface area contributed by atoms with Gasteiger partial charge in [-0.3, -0.25) is 0 Å². The van der Waals surface area contributed by atoms with E-state index < -0.39 is 0 Å². The van der Waals surface area contributed by atoms with Gasteiger partial charge in [-0.1, -0.05) is 36.2 Å². The van der Waals surface area contributed by atoms with Crippen molar-refractivity contribution in [3.63, 3.8) is 0 Å². The molecule has 1 heterocycles. The molecule has 0 aliphatic heterocycles. The summed E-state index contributed by atoms with van der Waals surface area (Å²) in [7, 11) is 0. The van der Waals surface area contributed by atoms with E-state index in [2.05, 4.69) is 17.2 Å². The minimum atomic E-state index is 0.652. The van der Waals surface area contributed by atoms with Crippen molar-refractivity contribution < 1.29 is 0 Å². The van der Waals surface area contributed by atoms with Crippen molar-refractivity contribution in [1.29, 1.82) is 0 Å². The molecule has 0 amide bonds. The van der Waals surface area contributed by atoms with Crippen molar-refractivity contribution in [2.24, 2.45) is 0 Å². The van der Waals surface area contributed by atoms with E-state index in [4.69, 9.17) is 23.2 Å². The first-order chi connectivity index (χ1) is 8.70. The summed E-state index contributed by atoms with van der Waals surface area (Å²) in [6, 6.07) is 5.55. The number of nitrogens with zero attached hydrogens (tertiary/aromatic N) is 1. The lowest BCUT2D eigenvalue weighted by Crippen LogP contribution is -2.13. The topological polar surface area (TPSA) is 24.9 Å². The Morgan fingerprint density at radius 3 is 2.56 bits per heavy atom. The summed E-state index contributed by atoms with van der Waals surface area (Å²) in [6.45, 7) is 3.53. The summed E-state index contributed by atoms with van der Waals surface area (Å²) in [6.07, 6.45) is 2.97. The molecule has 2 nitrogen and oxygen atoms in total. The molecule has 0 saturated heterocycles. The highest BCUT2D eigenvalue weighted by molar-refractivity contribution is 7.11. The van der Waals surface area contributed by atoms with Crippen LogP contribution in [-0.2, 0) is 19.5 Å². The van der Waals surface area contributed by atoms with E-state index in [1.807, 2.05) is 24.4 Å². The molecule has 18 heavy (non-hydrogen) atoms. The molecule has 0 fully saturated rings. The Kier molecular flexibility index (Phi) is 5.01. The first-order valence-electron chi connectivity index (χ1n) is 5.78. The quantitative estimate of drug-likeness (QED) is 0.890. The van der Waals surface area contributed by atoms with Crippen molar-refractivity contribution in [3.8, 4) is 0 Å². The minimum absolute atomic E-state index is 0.652. The Morgan fingerprint density at radius 1 is 1.22 bits per heavy atom. The van der Waals surface area contributed by atoms with Crippen LogP contribution in [0.4, 0.5) is 0 Å². The lowest BCUT2D eigenvalue weighted by molar-refractivity contribution is 0.690. The summed E-state index contributed by atoms with van der Waals surface area (Å²) in [5.41, 5.74) is 0.938. The summed E-state index contributed by atoms with van der Waals surface area (Å²) >= 11 is 13.9. The van der Waals surface area contributed by atoms with Crippen LogP contribution in [0.1, 0.15) is 22.4 Å². The van der Waals surface area contributed by atoms with Crippen LogP contribution in [0.25, 0.3) is 0 Å². The maximum atomic E-state index is 6.10. The minimum Gasteiger partial charge on any atom is -0.306 e. The smallest absolute Gasteiger partial charge is 0.107 e. The number of benzene rings is 1. The summed E-state index contributed by atoms with van der Waals surface area (Å²) < 4.78 is 0. The zero-order chi connectivity index (χ0) is 13.0. The molecule has 1 aromatic heterocycles. The van der Waals surface area contributed by atoms with Crippen molar-refractivity contribution in [3.05, 3.63) is 49.9 Å². The fourth-order valence-electron chi connectivity index (χ4n) is 1.59. The highest BCUT2D eigenvalue weighted by Gasteiger charge is 2.05. The molecule has 2 aromatic rings. The third-order valence-electron chi connectivity index (χ3n) is 2.59. The number of nitrogens with one attached hydrogen (secondary N) is 1. The average Bonchev–Trinajstić information content (AvgIpc) is 2.81. The molecule has 0 spiro atoms. The van der Waals surface area contributed by atoms with Crippen molar-refractivity contribution >= 4 is 34.5 Å². The van der Waals surface area contributed by atoms with Gasteiger partial charge in [0.2, 0.25) is 0 Å². The van der Waals surface area contributed by atoms with Gasteiger partial charge in [0.05, 0.1) is 0 Å². The number of aryl methyl sites for hydroxylation is 1. The third-order valence-corrected chi connectivity index (χ3v) is 4.44. The Balaban J connectivity index is 1.92. The number of hydrogen-bond acceptors (Lipinski definition) is 3. The fraction of sp³-hybridized carbons (Fsp3) is 0.308. The normalized spacial score (nSPS) is 10.8. The predicted molar refractivity (Wildman–Crippen MR) is 78.5 cm³/mol. The first-order valence-corrected chi connectivity index (χ1v) is 7.35. The third kappa shape index (κ3) is 3.45. The summed E-state index contributed by atoms with van der Waals surface area (Å²) in [5.74, 6) is 0. The maximum absolute atomic E-state index is 6.10. The highest BCUT2D eigenvalue weighted by Crippen LogP contribution is 2.24. The molecule has 0 saturated carbocycles. The lowest BCUT2D eigenvalue weighted by atomic mass is 10.2. The Bertz CT molecular complexity index is 505. The SMILES string of the molecule is CCc1cnc(CNCc2c(Cl)cccc2Cl)s1. The van der Waals surface area contributed by atoms with Gasteiger partial charge < -0.3 is 5.32 Å². The van der Waals surface area contributed by atoms with E-state index in [0.717, 1.165) is 23.5 Å². The monoisotopic (exact) mass is 300 g/mol. The molecule has 1 N–H and O–H groups in total. The van der Waals surface area contributed by atoms with Crippen LogP contribution < -0.4 is 5.32 Å². The first kappa shape index (κ1) is 13.8.